The number of cyclic esters (lactones) is 1. The number of esters is 1. The summed E-state index contributed by atoms with van der Waals surface area (Å²) in [6.07, 6.45) is -8.64. The van der Waals surface area contributed by atoms with Gasteiger partial charge in [-0.15, -0.1) is 0 Å². The number of pyridine rings is 2. The van der Waals surface area contributed by atoms with Crippen LogP contribution in [0.5, 0.6) is 0 Å². The van der Waals surface area contributed by atoms with Crippen LogP contribution in [-0.4, -0.2) is 184 Å². The number of hydrogen-bond acceptors (Lipinski definition) is 20. The Morgan fingerprint density at radius 1 is 0.747 bits per heavy atom. The number of halogens is 1. The van der Waals surface area contributed by atoms with E-state index in [0.717, 1.165) is 22.3 Å². The van der Waals surface area contributed by atoms with Gasteiger partial charge >= 0.3 is 12.1 Å². The molecule has 0 unspecified atom stereocenters. The van der Waals surface area contributed by atoms with Crippen LogP contribution in [-0.2, 0) is 88.9 Å². The lowest BCUT2D eigenvalue weighted by Crippen LogP contribution is -2.60. The number of hydrogen-bond donors (Lipinski definition) is 13. The number of aliphatic hydroxyl groups is 5. The maximum Gasteiger partial charge on any atom is 0.407 e. The third-order valence-corrected chi connectivity index (χ3v) is 18.6. The molecule has 0 radical (unpaired) electrons. The second-order valence-electron chi connectivity index (χ2n) is 24.8. The summed E-state index contributed by atoms with van der Waals surface area (Å²) in [5.41, 5.74) is 5.28. The molecule has 2 aliphatic carbocycles. The number of rotatable bonds is 26. The second kappa shape index (κ2) is 30.4. The van der Waals surface area contributed by atoms with E-state index in [-0.39, 0.29) is 68.1 Å². The number of aliphatic hydroxyl groups excluding tert-OH is 4. The van der Waals surface area contributed by atoms with Crippen molar-refractivity contribution in [2.75, 3.05) is 52.7 Å². The number of nitrogens with one attached hydrogen (secondary N) is 8. The van der Waals surface area contributed by atoms with E-state index >= 15 is 4.39 Å². The van der Waals surface area contributed by atoms with Crippen molar-refractivity contribution in [2.45, 2.75) is 126 Å². The molecule has 522 valence electrons. The average Bonchev–Trinajstić information content (AvgIpc) is 1.61. The molecule has 13 N–H and O–H groups in total. The lowest BCUT2D eigenvalue weighted by molar-refractivity contribution is -0.227. The third kappa shape index (κ3) is 15.0. The molecule has 30 heteroatoms. The minimum absolute atomic E-state index is 0.0216. The number of benzene rings is 4. The predicted octanol–water partition coefficient (Wildman–Crippen LogP) is -0.557. The van der Waals surface area contributed by atoms with Gasteiger partial charge in [-0.05, 0) is 83.2 Å². The molecule has 11 rings (SSSR count). The van der Waals surface area contributed by atoms with Gasteiger partial charge in [-0.25, -0.2) is 19.0 Å². The van der Waals surface area contributed by atoms with Crippen molar-refractivity contribution >= 4 is 64.3 Å². The van der Waals surface area contributed by atoms with Gasteiger partial charge in [0.15, 0.2) is 5.60 Å². The Morgan fingerprint density at radius 2 is 1.40 bits per heavy atom. The summed E-state index contributed by atoms with van der Waals surface area (Å²) in [7, 11) is 0. The van der Waals surface area contributed by atoms with Crippen molar-refractivity contribution in [2.24, 2.45) is 0 Å². The van der Waals surface area contributed by atoms with E-state index in [1.54, 1.807) is 50.2 Å². The molecule has 5 aliphatic rings. The summed E-state index contributed by atoms with van der Waals surface area (Å²) < 4.78 is 38.8. The molecule has 1 fully saturated rings. The Balaban J connectivity index is 0.657. The highest BCUT2D eigenvalue weighted by Crippen LogP contribution is 2.47. The molecule has 3 aliphatic heterocycles. The number of aromatic nitrogens is 2. The van der Waals surface area contributed by atoms with Crippen LogP contribution in [0.1, 0.15) is 94.6 Å². The first-order valence-corrected chi connectivity index (χ1v) is 32.4. The fourth-order valence-corrected chi connectivity index (χ4v) is 13.4. The van der Waals surface area contributed by atoms with Crippen molar-refractivity contribution in [1.82, 2.24) is 52.1 Å². The lowest BCUT2D eigenvalue weighted by Gasteiger charge is -2.40. The Hall–Kier alpha value is -10.1. The Labute approximate surface area is 564 Å². The summed E-state index contributed by atoms with van der Waals surface area (Å²) in [6, 6.07) is 23.2. The SMILES string of the molecule is CC[C@@]1(O)C(=O)OCc2c1cc1n(c2=O)Cc2c-1nc1cc(F)c(C)c3c1c2[C@@H](NC(=O)COCNC(=O)CNC(=O)[C@H](Cc1ccccc1)NC(=O)CNC(=O)CNC(=O)[C@H](CCC(=O)NC[C@@H]1O[C@H](CO)[C@@H](O)[C@H](O)[C@H]1O)NC(=O)OCC1c2ccccc2-c2ccccc21)CC3. The second-order valence-corrected chi connectivity index (χ2v) is 24.8. The van der Waals surface area contributed by atoms with E-state index < -0.39 is 165 Å². The van der Waals surface area contributed by atoms with Gasteiger partial charge < -0.3 is 91.6 Å². The maximum atomic E-state index is 15.5. The molecule has 29 nitrogen and oxygen atoms in total. The summed E-state index contributed by atoms with van der Waals surface area (Å²) in [5, 5.41) is 72.6. The zero-order chi connectivity index (χ0) is 70.4. The zero-order valence-corrected chi connectivity index (χ0v) is 53.9. The minimum atomic E-state index is -2.08. The number of fused-ring (bicyclic) bond motifs is 8. The highest BCUT2D eigenvalue weighted by molar-refractivity contribution is 5.96. The first-order valence-electron chi connectivity index (χ1n) is 32.4. The van der Waals surface area contributed by atoms with Gasteiger partial charge in [0.25, 0.3) is 5.56 Å². The summed E-state index contributed by atoms with van der Waals surface area (Å²) >= 11 is 0. The van der Waals surface area contributed by atoms with Crippen LogP contribution in [0.15, 0.2) is 95.8 Å². The van der Waals surface area contributed by atoms with Crippen LogP contribution < -0.4 is 48.1 Å². The number of aryl methyl sites for hydroxylation is 1. The maximum absolute atomic E-state index is 15.5. The van der Waals surface area contributed by atoms with Crippen LogP contribution in [0.4, 0.5) is 9.18 Å². The predicted molar refractivity (Wildman–Crippen MR) is 346 cm³/mol. The van der Waals surface area contributed by atoms with Gasteiger partial charge in [0.1, 0.15) is 75.0 Å². The number of amides is 8. The van der Waals surface area contributed by atoms with Gasteiger partial charge in [-0.2, -0.15) is 0 Å². The van der Waals surface area contributed by atoms with Crippen LogP contribution in [0, 0.1) is 12.7 Å². The van der Waals surface area contributed by atoms with Gasteiger partial charge in [0, 0.05) is 47.9 Å². The molecule has 8 amide bonds. The number of nitrogens with zero attached hydrogens (tertiary/aromatic N) is 2. The van der Waals surface area contributed by atoms with E-state index in [4.69, 9.17) is 23.9 Å². The third-order valence-electron chi connectivity index (χ3n) is 18.6. The molecule has 0 bridgehead atoms. The molecule has 9 atom stereocenters. The fourth-order valence-electron chi connectivity index (χ4n) is 13.4. The Morgan fingerprint density at radius 3 is 2.10 bits per heavy atom. The van der Waals surface area contributed by atoms with Crippen molar-refractivity contribution < 1.29 is 92.0 Å². The van der Waals surface area contributed by atoms with Crippen molar-refractivity contribution in [3.8, 4) is 22.5 Å². The van der Waals surface area contributed by atoms with Crippen LogP contribution in [0.3, 0.4) is 0 Å². The zero-order valence-electron chi connectivity index (χ0n) is 53.9. The number of carbonyl (C=O) groups excluding carboxylic acids is 9. The number of alkyl carbamates (subject to hydrolysis) is 1. The normalized spacial score (nSPS) is 20.6. The smallest absolute Gasteiger partial charge is 0.407 e. The number of carbonyl (C=O) groups is 9. The molecule has 1 saturated heterocycles. The summed E-state index contributed by atoms with van der Waals surface area (Å²) in [4.78, 5) is 139. The molecular weight excluding hydrogens is 1290 g/mol. The molecular formula is C69H75FN10O19. The number of ether oxygens (including phenoxy) is 4. The van der Waals surface area contributed by atoms with E-state index in [9.17, 15) is 73.5 Å². The van der Waals surface area contributed by atoms with Gasteiger partial charge in [0.05, 0.1) is 61.3 Å². The Bertz CT molecular complexity index is 4180. The van der Waals surface area contributed by atoms with E-state index in [0.29, 0.717) is 57.4 Å². The van der Waals surface area contributed by atoms with Crippen molar-refractivity contribution in [3.05, 3.63) is 157 Å². The topological polar surface area (TPSA) is 423 Å². The molecule has 2 aromatic heterocycles. The molecule has 99 heavy (non-hydrogen) atoms. The van der Waals surface area contributed by atoms with Crippen LogP contribution in [0.2, 0.25) is 0 Å². The van der Waals surface area contributed by atoms with Crippen molar-refractivity contribution in [3.63, 3.8) is 0 Å². The molecule has 6 aromatic rings. The fraction of sp³-hybridized carbons (Fsp3) is 0.406. The largest absolute Gasteiger partial charge is 0.458 e. The van der Waals surface area contributed by atoms with Crippen LogP contribution >= 0.6 is 0 Å². The van der Waals surface area contributed by atoms with E-state index in [1.165, 1.54) is 10.6 Å². The van der Waals surface area contributed by atoms with E-state index in [2.05, 4.69) is 42.5 Å². The first kappa shape index (κ1) is 70.2. The van der Waals surface area contributed by atoms with Gasteiger partial charge in [0.2, 0.25) is 41.4 Å². The standard InChI is InChI=1S/C69H75FN10O19/c1-3-69(95)44-22-50-60-41(28-80(50)66(92)43(44)31-97-67(69)93)59-46(18-17-36-34(2)45(70)23-48(78-60)58(36)59)76-57(86)32-96-33-75-55(84)26-74-65(91)49(21-35-11-5-4-6-12-35)77-56(85)27-72-54(83)25-73-64(90)47(19-20-53(82)71-24-51-61(87)63(89)62(88)52(29-81)99-51)79-68(94)98-30-42-39-15-9-7-13-37(39)38-14-8-10-16-40(38)42/h4-16,22-23,42,46-47,49,51-52,61-63,81,87-89,95H,3,17-21,24-33H2,1-2H3,(H,71,82)(H,72,83)(H,73,90)(H,74,91)(H,75,84)(H,76,86)(H,77,85)(H,79,94)/t46-,47-,49-,51-,52+,61-,62+,63+,69-/m0/s1. The highest BCUT2D eigenvalue weighted by atomic mass is 19.1. The molecule has 0 saturated carbocycles. The highest BCUT2D eigenvalue weighted by Gasteiger charge is 2.47. The first-order chi connectivity index (χ1) is 47.6. The van der Waals surface area contributed by atoms with Crippen LogP contribution in [0.25, 0.3) is 33.4 Å². The molecule has 4 aromatic carbocycles. The van der Waals surface area contributed by atoms with Gasteiger partial charge in [-0.3, -0.25) is 38.4 Å². The minimum Gasteiger partial charge on any atom is -0.458 e. The van der Waals surface area contributed by atoms with E-state index in [1.807, 2.05) is 48.5 Å². The molecule has 5 heterocycles. The van der Waals surface area contributed by atoms with Gasteiger partial charge in [-0.1, -0.05) is 85.8 Å². The van der Waals surface area contributed by atoms with Crippen molar-refractivity contribution in [1.29, 1.82) is 0 Å². The summed E-state index contributed by atoms with van der Waals surface area (Å²) in [6.45, 7) is -1.32. The lowest BCUT2D eigenvalue weighted by atomic mass is 9.81. The molecule has 0 spiro atoms. The monoisotopic (exact) mass is 1370 g/mol. The Kier molecular flexibility index (Phi) is 21.5. The summed E-state index contributed by atoms with van der Waals surface area (Å²) in [5.74, 6) is -7.18. The average molecular weight is 1370 g/mol. The quantitative estimate of drug-likeness (QED) is 0.0184.